The third-order valence-electron chi connectivity index (χ3n) is 3.09. The quantitative estimate of drug-likeness (QED) is 0.851. The first-order valence-electron chi connectivity index (χ1n) is 6.93. The molecule has 0 aliphatic rings. The molecule has 0 saturated carbocycles. The molecule has 0 aliphatic carbocycles. The van der Waals surface area contributed by atoms with E-state index in [4.69, 9.17) is 4.74 Å². The van der Waals surface area contributed by atoms with Crippen LogP contribution in [0.2, 0.25) is 0 Å². The van der Waals surface area contributed by atoms with Gasteiger partial charge in [-0.15, -0.1) is 0 Å². The van der Waals surface area contributed by atoms with Crippen molar-refractivity contribution >= 4 is 11.8 Å². The molecule has 0 aliphatic heterocycles. The van der Waals surface area contributed by atoms with E-state index in [1.54, 1.807) is 38.4 Å². The van der Waals surface area contributed by atoms with Crippen LogP contribution >= 0.6 is 0 Å². The Kier molecular flexibility index (Phi) is 4.21. The number of benzene rings is 1. The molecule has 1 heterocycles. The summed E-state index contributed by atoms with van der Waals surface area (Å²) in [6.07, 6.45) is 0.739. The van der Waals surface area contributed by atoms with Crippen LogP contribution in [0, 0.1) is 5.82 Å². The summed E-state index contributed by atoms with van der Waals surface area (Å²) in [7, 11) is 3.31. The molecule has 6 heteroatoms. The van der Waals surface area contributed by atoms with Crippen LogP contribution in [0.5, 0.6) is 0 Å². The van der Waals surface area contributed by atoms with E-state index in [1.807, 2.05) is 20.8 Å². The van der Waals surface area contributed by atoms with E-state index in [9.17, 15) is 9.18 Å². The average Bonchev–Trinajstić information content (AvgIpc) is 2.76. The topological polar surface area (TPSA) is 47.4 Å². The van der Waals surface area contributed by atoms with Crippen LogP contribution in [0.4, 0.5) is 14.9 Å². The standard InChI is InChI=1S/C16H20FN3O2/c1-16(2,3)22-15(21)19(4)12-8-6-11(7-9-12)14-13(17)10-18-20(14)5/h6-10H,1-5H3. The summed E-state index contributed by atoms with van der Waals surface area (Å²) >= 11 is 0. The first-order chi connectivity index (χ1) is 10.2. The molecule has 0 unspecified atom stereocenters. The van der Waals surface area contributed by atoms with Crippen molar-refractivity contribution in [3.8, 4) is 11.3 Å². The van der Waals surface area contributed by atoms with Gasteiger partial charge in [0.05, 0.1) is 6.20 Å². The maximum atomic E-state index is 13.7. The molecule has 0 saturated heterocycles. The summed E-state index contributed by atoms with van der Waals surface area (Å²) in [4.78, 5) is 13.4. The van der Waals surface area contributed by atoms with E-state index in [2.05, 4.69) is 5.10 Å². The second-order valence-corrected chi connectivity index (χ2v) is 6.05. The van der Waals surface area contributed by atoms with Gasteiger partial charge in [-0.05, 0) is 32.9 Å². The molecule has 0 atom stereocenters. The summed E-state index contributed by atoms with van der Waals surface area (Å²) in [6, 6.07) is 6.98. The lowest BCUT2D eigenvalue weighted by Gasteiger charge is -2.24. The van der Waals surface area contributed by atoms with Crippen LogP contribution in [0.1, 0.15) is 20.8 Å². The highest BCUT2D eigenvalue weighted by Crippen LogP contribution is 2.25. The van der Waals surface area contributed by atoms with E-state index in [-0.39, 0.29) is 5.82 Å². The van der Waals surface area contributed by atoms with Crippen LogP contribution in [0.25, 0.3) is 11.3 Å². The second kappa shape index (κ2) is 5.79. The van der Waals surface area contributed by atoms with Gasteiger partial charge in [-0.1, -0.05) is 12.1 Å². The first-order valence-corrected chi connectivity index (χ1v) is 6.93. The van der Waals surface area contributed by atoms with Crippen LogP contribution in [-0.4, -0.2) is 28.5 Å². The van der Waals surface area contributed by atoms with E-state index < -0.39 is 11.7 Å². The van der Waals surface area contributed by atoms with Crippen molar-refractivity contribution in [3.05, 3.63) is 36.3 Å². The summed E-state index contributed by atoms with van der Waals surface area (Å²) in [5, 5.41) is 3.88. The molecule has 2 rings (SSSR count). The fourth-order valence-corrected chi connectivity index (χ4v) is 2.01. The molecule has 1 amide bonds. The third-order valence-corrected chi connectivity index (χ3v) is 3.09. The number of hydrogen-bond acceptors (Lipinski definition) is 3. The minimum absolute atomic E-state index is 0.379. The number of rotatable bonds is 2. The normalized spacial score (nSPS) is 11.4. The van der Waals surface area contributed by atoms with Gasteiger partial charge in [0.1, 0.15) is 11.3 Å². The van der Waals surface area contributed by atoms with Crippen molar-refractivity contribution in [1.82, 2.24) is 9.78 Å². The zero-order chi connectivity index (χ0) is 16.5. The zero-order valence-electron chi connectivity index (χ0n) is 13.4. The Morgan fingerprint density at radius 3 is 2.32 bits per heavy atom. The summed E-state index contributed by atoms with van der Waals surface area (Å²) in [6.45, 7) is 5.44. The Bertz CT molecular complexity index is 652. The molecule has 0 fully saturated rings. The molecule has 1 aromatic carbocycles. The van der Waals surface area contributed by atoms with Gasteiger partial charge in [0.25, 0.3) is 0 Å². The molecule has 22 heavy (non-hydrogen) atoms. The highest BCUT2D eigenvalue weighted by molar-refractivity contribution is 5.87. The van der Waals surface area contributed by atoms with Crippen molar-refractivity contribution in [2.24, 2.45) is 7.05 Å². The lowest BCUT2D eigenvalue weighted by molar-refractivity contribution is 0.0589. The summed E-state index contributed by atoms with van der Waals surface area (Å²) < 4.78 is 20.5. The van der Waals surface area contributed by atoms with Crippen LogP contribution in [-0.2, 0) is 11.8 Å². The second-order valence-electron chi connectivity index (χ2n) is 6.05. The van der Waals surface area contributed by atoms with Gasteiger partial charge >= 0.3 is 6.09 Å². The number of aromatic nitrogens is 2. The van der Waals surface area contributed by atoms with E-state index in [0.29, 0.717) is 16.9 Å². The predicted molar refractivity (Wildman–Crippen MR) is 83.2 cm³/mol. The molecule has 118 valence electrons. The largest absolute Gasteiger partial charge is 0.443 e. The Labute approximate surface area is 129 Å². The van der Waals surface area contributed by atoms with Crippen LogP contribution in [0.3, 0.4) is 0 Å². The van der Waals surface area contributed by atoms with Crippen molar-refractivity contribution in [2.45, 2.75) is 26.4 Å². The van der Waals surface area contributed by atoms with Crippen molar-refractivity contribution in [1.29, 1.82) is 0 Å². The van der Waals surface area contributed by atoms with Gasteiger partial charge in [0.2, 0.25) is 0 Å². The third kappa shape index (κ3) is 3.44. The molecular weight excluding hydrogens is 285 g/mol. The zero-order valence-corrected chi connectivity index (χ0v) is 13.4. The number of halogens is 1. The van der Waals surface area contributed by atoms with Gasteiger partial charge < -0.3 is 4.74 Å². The highest BCUT2D eigenvalue weighted by atomic mass is 19.1. The number of ether oxygens (including phenoxy) is 1. The summed E-state index contributed by atoms with van der Waals surface area (Å²) in [5.41, 5.74) is 1.22. The van der Waals surface area contributed by atoms with E-state index in [0.717, 1.165) is 0 Å². The Morgan fingerprint density at radius 1 is 1.27 bits per heavy atom. The average molecular weight is 305 g/mol. The molecule has 5 nitrogen and oxygen atoms in total. The maximum absolute atomic E-state index is 13.7. The number of anilines is 1. The fraction of sp³-hybridized carbons (Fsp3) is 0.375. The van der Waals surface area contributed by atoms with E-state index in [1.165, 1.54) is 15.8 Å². The molecular formula is C16H20FN3O2. The number of aryl methyl sites for hydroxylation is 1. The molecule has 0 bridgehead atoms. The van der Waals surface area contributed by atoms with Crippen molar-refractivity contribution < 1.29 is 13.9 Å². The minimum atomic E-state index is -0.552. The lowest BCUT2D eigenvalue weighted by Crippen LogP contribution is -2.34. The molecule has 0 N–H and O–H groups in total. The SMILES string of the molecule is CN(C(=O)OC(C)(C)C)c1ccc(-c2c(F)cnn2C)cc1. The highest BCUT2D eigenvalue weighted by Gasteiger charge is 2.20. The van der Waals surface area contributed by atoms with Crippen LogP contribution < -0.4 is 4.90 Å². The molecule has 2 aromatic rings. The number of carbonyl (C=O) groups excluding carboxylic acids is 1. The smallest absolute Gasteiger partial charge is 0.414 e. The lowest BCUT2D eigenvalue weighted by atomic mass is 10.1. The molecule has 0 spiro atoms. The Hall–Kier alpha value is -2.37. The number of hydrogen-bond donors (Lipinski definition) is 0. The van der Waals surface area contributed by atoms with Gasteiger partial charge in [-0.25, -0.2) is 9.18 Å². The molecule has 0 radical (unpaired) electrons. The van der Waals surface area contributed by atoms with Crippen molar-refractivity contribution in [2.75, 3.05) is 11.9 Å². The fourth-order valence-electron chi connectivity index (χ4n) is 2.01. The minimum Gasteiger partial charge on any atom is -0.443 e. The Balaban J connectivity index is 2.20. The van der Waals surface area contributed by atoms with Gasteiger partial charge in [-0.2, -0.15) is 5.10 Å². The first kappa shape index (κ1) is 16.0. The Morgan fingerprint density at radius 2 is 1.86 bits per heavy atom. The summed E-state index contributed by atoms with van der Waals surface area (Å²) in [5.74, 6) is -0.379. The number of amides is 1. The predicted octanol–water partition coefficient (Wildman–Crippen LogP) is 3.60. The number of nitrogens with zero attached hydrogens (tertiary/aromatic N) is 3. The van der Waals surface area contributed by atoms with Crippen molar-refractivity contribution in [3.63, 3.8) is 0 Å². The van der Waals surface area contributed by atoms with Crippen LogP contribution in [0.15, 0.2) is 30.5 Å². The van der Waals surface area contributed by atoms with Gasteiger partial charge in [-0.3, -0.25) is 9.58 Å². The number of carbonyl (C=O) groups is 1. The van der Waals surface area contributed by atoms with Gasteiger partial charge in [0, 0.05) is 25.3 Å². The van der Waals surface area contributed by atoms with E-state index >= 15 is 0 Å². The maximum Gasteiger partial charge on any atom is 0.414 e. The monoisotopic (exact) mass is 305 g/mol. The van der Waals surface area contributed by atoms with Gasteiger partial charge in [0.15, 0.2) is 5.82 Å². The molecule has 1 aromatic heterocycles.